The number of hydrogen-bond acceptors (Lipinski definition) is 4. The number of cyclic esters (lactones) is 1. The molecule has 3 aliphatic heterocycles. The lowest BCUT2D eigenvalue weighted by molar-refractivity contribution is -0.134. The van der Waals surface area contributed by atoms with Crippen molar-refractivity contribution in [2.45, 2.75) is 30.9 Å². The third-order valence-corrected chi connectivity index (χ3v) is 7.10. The largest absolute Gasteiger partial charge is 0.431 e. The molecule has 3 aliphatic rings. The van der Waals surface area contributed by atoms with Crippen molar-refractivity contribution in [3.8, 4) is 0 Å². The summed E-state index contributed by atoms with van der Waals surface area (Å²) >= 11 is 0. The molecule has 33 heavy (non-hydrogen) atoms. The van der Waals surface area contributed by atoms with Gasteiger partial charge in [0, 0.05) is 50.3 Å². The Morgan fingerprint density at radius 1 is 0.939 bits per heavy atom. The van der Waals surface area contributed by atoms with Crippen LogP contribution in [0.2, 0.25) is 0 Å². The van der Waals surface area contributed by atoms with Crippen LogP contribution >= 0.6 is 0 Å². The standard InChI is InChI=1S/C27H31N3O3/c31-25(15-10-18-28-16-8-3-9-17-28)29-19-20-30-24(21-29)27(33-26(30)32,22-11-4-1-5-12-22)23-13-6-2-7-14-23/h1-8,11-14,24H,9-10,15-21H2. The molecule has 6 nitrogen and oxygen atoms in total. The lowest BCUT2D eigenvalue weighted by Crippen LogP contribution is -2.58. The first-order valence-electron chi connectivity index (χ1n) is 11.9. The molecule has 2 amide bonds. The van der Waals surface area contributed by atoms with Crippen molar-refractivity contribution < 1.29 is 14.3 Å². The van der Waals surface area contributed by atoms with E-state index in [9.17, 15) is 9.59 Å². The molecule has 2 aromatic rings. The molecule has 2 fully saturated rings. The number of nitrogens with zero attached hydrogens (tertiary/aromatic N) is 3. The molecule has 1 unspecified atom stereocenters. The highest BCUT2D eigenvalue weighted by Gasteiger charge is 2.58. The molecule has 3 heterocycles. The molecule has 1 atom stereocenters. The summed E-state index contributed by atoms with van der Waals surface area (Å²) in [4.78, 5) is 32.3. The highest BCUT2D eigenvalue weighted by Crippen LogP contribution is 2.45. The van der Waals surface area contributed by atoms with Crippen LogP contribution in [0, 0.1) is 0 Å². The minimum absolute atomic E-state index is 0.163. The summed E-state index contributed by atoms with van der Waals surface area (Å²) in [5.41, 5.74) is 0.938. The fourth-order valence-electron chi connectivity index (χ4n) is 5.39. The molecule has 0 saturated carbocycles. The number of benzene rings is 2. The van der Waals surface area contributed by atoms with E-state index in [1.165, 1.54) is 0 Å². The molecular formula is C27H31N3O3. The first-order valence-corrected chi connectivity index (χ1v) is 11.9. The fraction of sp³-hybridized carbons (Fsp3) is 0.407. The Bertz CT molecular complexity index is 968. The Kier molecular flexibility index (Phi) is 6.18. The molecule has 0 bridgehead atoms. The highest BCUT2D eigenvalue weighted by molar-refractivity contribution is 5.78. The maximum absolute atomic E-state index is 13.1. The van der Waals surface area contributed by atoms with Gasteiger partial charge in [0.25, 0.3) is 0 Å². The van der Waals surface area contributed by atoms with Gasteiger partial charge in [-0.15, -0.1) is 0 Å². The normalized spacial score (nSPS) is 22.2. The zero-order chi connectivity index (χ0) is 22.7. The van der Waals surface area contributed by atoms with E-state index in [1.807, 2.05) is 70.5 Å². The van der Waals surface area contributed by atoms with E-state index < -0.39 is 5.60 Å². The van der Waals surface area contributed by atoms with E-state index in [2.05, 4.69) is 17.1 Å². The van der Waals surface area contributed by atoms with E-state index in [0.29, 0.717) is 26.1 Å². The van der Waals surface area contributed by atoms with Gasteiger partial charge in [-0.25, -0.2) is 4.79 Å². The second-order valence-electron chi connectivity index (χ2n) is 9.05. The average molecular weight is 446 g/mol. The van der Waals surface area contributed by atoms with Crippen LogP contribution in [0.15, 0.2) is 72.8 Å². The van der Waals surface area contributed by atoms with E-state index in [4.69, 9.17) is 4.74 Å². The monoisotopic (exact) mass is 445 g/mol. The van der Waals surface area contributed by atoms with Crippen LogP contribution in [0.5, 0.6) is 0 Å². The second kappa shape index (κ2) is 9.40. The Labute approximate surface area is 195 Å². The number of fused-ring (bicyclic) bond motifs is 1. The number of carbonyl (C=O) groups excluding carboxylic acids is 2. The van der Waals surface area contributed by atoms with E-state index in [1.54, 1.807) is 0 Å². The van der Waals surface area contributed by atoms with Gasteiger partial charge in [0.2, 0.25) is 5.91 Å². The number of rotatable bonds is 6. The number of amides is 2. The van der Waals surface area contributed by atoms with Crippen LogP contribution in [0.3, 0.4) is 0 Å². The molecule has 172 valence electrons. The number of ether oxygens (including phenoxy) is 1. The van der Waals surface area contributed by atoms with Gasteiger partial charge in [0.15, 0.2) is 5.60 Å². The third kappa shape index (κ3) is 4.15. The predicted molar refractivity (Wildman–Crippen MR) is 127 cm³/mol. The fourth-order valence-corrected chi connectivity index (χ4v) is 5.39. The number of carbonyl (C=O) groups is 2. The maximum atomic E-state index is 13.1. The van der Waals surface area contributed by atoms with Crippen molar-refractivity contribution in [3.05, 3.63) is 83.9 Å². The Hall–Kier alpha value is -3.12. The molecule has 0 aliphatic carbocycles. The van der Waals surface area contributed by atoms with Crippen LogP contribution in [-0.4, -0.2) is 72.0 Å². The summed E-state index contributed by atoms with van der Waals surface area (Å²) in [5.74, 6) is 0.163. The van der Waals surface area contributed by atoms with Gasteiger partial charge in [-0.3, -0.25) is 14.6 Å². The zero-order valence-corrected chi connectivity index (χ0v) is 18.9. The first-order chi connectivity index (χ1) is 16.2. The quantitative estimate of drug-likeness (QED) is 0.637. The third-order valence-electron chi connectivity index (χ3n) is 7.10. The van der Waals surface area contributed by atoms with Gasteiger partial charge in [-0.1, -0.05) is 72.8 Å². The average Bonchev–Trinajstić information content (AvgIpc) is 3.18. The summed E-state index contributed by atoms with van der Waals surface area (Å²) < 4.78 is 6.19. The molecule has 0 radical (unpaired) electrons. The highest BCUT2D eigenvalue weighted by atomic mass is 16.6. The Balaban J connectivity index is 1.36. The van der Waals surface area contributed by atoms with Gasteiger partial charge >= 0.3 is 6.09 Å². The number of hydrogen-bond donors (Lipinski definition) is 0. The van der Waals surface area contributed by atoms with Crippen molar-refractivity contribution in [3.63, 3.8) is 0 Å². The first kappa shape index (κ1) is 21.7. The van der Waals surface area contributed by atoms with Gasteiger partial charge in [-0.05, 0) is 19.4 Å². The molecule has 0 aromatic heterocycles. The van der Waals surface area contributed by atoms with Crippen LogP contribution in [0.25, 0.3) is 0 Å². The van der Waals surface area contributed by atoms with Crippen LogP contribution < -0.4 is 0 Å². The minimum Gasteiger partial charge on any atom is -0.431 e. The summed E-state index contributed by atoms with van der Waals surface area (Å²) in [7, 11) is 0. The molecule has 5 rings (SSSR count). The zero-order valence-electron chi connectivity index (χ0n) is 18.9. The van der Waals surface area contributed by atoms with Crippen molar-refractivity contribution >= 4 is 12.0 Å². The molecular weight excluding hydrogens is 414 g/mol. The van der Waals surface area contributed by atoms with Crippen molar-refractivity contribution in [1.29, 1.82) is 0 Å². The lowest BCUT2D eigenvalue weighted by Gasteiger charge is -2.42. The molecule has 0 N–H and O–H groups in total. The minimum atomic E-state index is -0.932. The summed E-state index contributed by atoms with van der Waals surface area (Å²) in [6, 6.07) is 19.6. The second-order valence-corrected chi connectivity index (χ2v) is 9.05. The van der Waals surface area contributed by atoms with E-state index >= 15 is 0 Å². The topological polar surface area (TPSA) is 53.1 Å². The number of piperazine rings is 1. The van der Waals surface area contributed by atoms with Crippen molar-refractivity contribution in [2.24, 2.45) is 0 Å². The van der Waals surface area contributed by atoms with E-state index in [0.717, 1.165) is 43.6 Å². The molecule has 2 saturated heterocycles. The summed E-state index contributed by atoms with van der Waals surface area (Å²) in [6.07, 6.45) is 6.60. The van der Waals surface area contributed by atoms with Crippen LogP contribution in [0.4, 0.5) is 4.79 Å². The summed E-state index contributed by atoms with van der Waals surface area (Å²) in [6.45, 7) is 4.51. The Morgan fingerprint density at radius 3 is 2.27 bits per heavy atom. The van der Waals surface area contributed by atoms with E-state index in [-0.39, 0.29) is 18.0 Å². The Morgan fingerprint density at radius 2 is 1.64 bits per heavy atom. The molecule has 2 aromatic carbocycles. The predicted octanol–water partition coefficient (Wildman–Crippen LogP) is 3.64. The molecule has 0 spiro atoms. The maximum Gasteiger partial charge on any atom is 0.411 e. The molecule has 6 heteroatoms. The van der Waals surface area contributed by atoms with Crippen LogP contribution in [-0.2, 0) is 15.1 Å². The van der Waals surface area contributed by atoms with Gasteiger partial charge in [0.1, 0.15) is 6.04 Å². The van der Waals surface area contributed by atoms with Crippen molar-refractivity contribution in [1.82, 2.24) is 14.7 Å². The summed E-state index contributed by atoms with van der Waals surface area (Å²) in [5, 5.41) is 0. The SMILES string of the molecule is O=C(CCCN1CC=CCC1)N1CCN2C(=O)OC(c3ccccc3)(c3ccccc3)C2C1. The van der Waals surface area contributed by atoms with Gasteiger partial charge < -0.3 is 9.64 Å². The lowest BCUT2D eigenvalue weighted by atomic mass is 9.79. The smallest absolute Gasteiger partial charge is 0.411 e. The van der Waals surface area contributed by atoms with Crippen LogP contribution in [0.1, 0.15) is 30.4 Å². The van der Waals surface area contributed by atoms with Gasteiger partial charge in [0.05, 0.1) is 0 Å². The van der Waals surface area contributed by atoms with Crippen molar-refractivity contribution in [2.75, 3.05) is 39.3 Å². The van der Waals surface area contributed by atoms with Gasteiger partial charge in [-0.2, -0.15) is 0 Å².